The van der Waals surface area contributed by atoms with E-state index in [1.165, 1.54) is 50.6 Å². The molecule has 5 aliphatic rings. The molecule has 2 saturated heterocycles. The molecule has 2 bridgehead atoms. The van der Waals surface area contributed by atoms with Crippen molar-refractivity contribution in [1.29, 1.82) is 0 Å². The van der Waals surface area contributed by atoms with Gasteiger partial charge >= 0.3 is 35.7 Å². The van der Waals surface area contributed by atoms with Crippen molar-refractivity contribution in [2.75, 3.05) is 19.8 Å². The minimum absolute atomic E-state index is 0.00183. The van der Waals surface area contributed by atoms with Crippen LogP contribution in [0.5, 0.6) is 0 Å². The number of rotatable bonds is 20. The maximum atomic E-state index is 16.4. The molecule has 14 atom stereocenters. The third-order valence-electron chi connectivity index (χ3n) is 18.3. The normalized spacial score (nSPS) is 29.3. The molecular formula is C64H76N4O20. The quantitative estimate of drug-likeness (QED) is 0.0315. The van der Waals surface area contributed by atoms with E-state index < -0.39 is 162 Å². The first-order chi connectivity index (χ1) is 41.8. The van der Waals surface area contributed by atoms with E-state index >= 15 is 4.79 Å². The summed E-state index contributed by atoms with van der Waals surface area (Å²) in [5.41, 5.74) is -8.77. The number of aryl methyl sites for hydroxylation is 1. The number of ketones is 1. The fraction of sp³-hybridized carbons (Fsp3) is 0.516. The average molecular weight is 1220 g/mol. The van der Waals surface area contributed by atoms with Gasteiger partial charge in [-0.15, -0.1) is 0 Å². The third kappa shape index (κ3) is 12.2. The fourth-order valence-electron chi connectivity index (χ4n) is 13.7. The molecule has 2 amide bonds. The molecule has 3 aliphatic carbocycles. The summed E-state index contributed by atoms with van der Waals surface area (Å²) < 4.78 is 45.5. The number of hydrogen-bond acceptors (Lipinski definition) is 20. The largest absolute Gasteiger partial charge is 0.456 e. The number of alkyl carbamates (subject to hydrolysis) is 1. The number of unbranched alkanes of at least 4 members (excludes halogenated alkanes) is 3. The van der Waals surface area contributed by atoms with Gasteiger partial charge in [-0.1, -0.05) is 93.4 Å². The second-order valence-corrected chi connectivity index (χ2v) is 24.1. The third-order valence-corrected chi connectivity index (χ3v) is 18.3. The lowest BCUT2D eigenvalue weighted by Gasteiger charge is -2.67. The van der Waals surface area contributed by atoms with Crippen molar-refractivity contribution in [1.82, 2.24) is 19.8 Å². The highest BCUT2D eigenvalue weighted by Gasteiger charge is 2.79. The molecule has 88 heavy (non-hydrogen) atoms. The molecule has 3 heterocycles. The van der Waals surface area contributed by atoms with Gasteiger partial charge in [0, 0.05) is 68.9 Å². The summed E-state index contributed by atoms with van der Waals surface area (Å²) in [6.45, 7) is 8.91. The van der Waals surface area contributed by atoms with E-state index in [0.717, 1.165) is 18.4 Å². The Labute approximate surface area is 507 Å². The van der Waals surface area contributed by atoms with Gasteiger partial charge in [-0.25, -0.2) is 19.2 Å². The zero-order valence-electron chi connectivity index (χ0n) is 50.1. The van der Waals surface area contributed by atoms with Crippen LogP contribution in [0.2, 0.25) is 0 Å². The molecule has 4 aromatic rings. The Morgan fingerprint density at radius 1 is 0.795 bits per heavy atom. The zero-order chi connectivity index (χ0) is 63.6. The maximum absolute atomic E-state index is 16.4. The van der Waals surface area contributed by atoms with Gasteiger partial charge in [0.05, 0.1) is 42.3 Å². The number of ether oxygens (including phenoxy) is 7. The number of Topliss-reactive ketones (excluding diaryl/α,β-unsaturated/α-hetero) is 1. The van der Waals surface area contributed by atoms with E-state index in [9.17, 15) is 58.8 Å². The summed E-state index contributed by atoms with van der Waals surface area (Å²) in [6.07, 6.45) is -11.9. The van der Waals surface area contributed by atoms with E-state index in [0.29, 0.717) is 31.2 Å². The number of carbonyl (C=O) groups excluding carboxylic acids is 7. The van der Waals surface area contributed by atoms with Gasteiger partial charge in [0.15, 0.2) is 23.6 Å². The van der Waals surface area contributed by atoms with Gasteiger partial charge in [0.1, 0.15) is 42.3 Å². The van der Waals surface area contributed by atoms with Gasteiger partial charge in [-0.2, -0.15) is 0 Å². The molecule has 24 heteroatoms. The van der Waals surface area contributed by atoms with E-state index in [1.807, 2.05) is 0 Å². The van der Waals surface area contributed by atoms with Crippen molar-refractivity contribution in [2.45, 2.75) is 172 Å². The number of aromatic nitrogens is 2. The number of nitrogens with zero attached hydrogens (tertiary/aromatic N) is 2. The van der Waals surface area contributed by atoms with Crippen LogP contribution in [0.25, 0.3) is 0 Å². The molecule has 9 rings (SSSR count). The second kappa shape index (κ2) is 26.1. The Bertz CT molecular complexity index is 3440. The Hall–Kier alpha value is -7.87. The lowest BCUT2D eigenvalue weighted by Crippen LogP contribution is -2.82. The molecule has 2 saturated carbocycles. The maximum Gasteiger partial charge on any atom is 0.407 e. The van der Waals surface area contributed by atoms with Crippen LogP contribution >= 0.6 is 0 Å². The van der Waals surface area contributed by atoms with Gasteiger partial charge < -0.3 is 64.2 Å². The van der Waals surface area contributed by atoms with Crippen LogP contribution in [0.1, 0.15) is 131 Å². The number of hydrogen-bond donors (Lipinski definition) is 6. The number of nitrogens with one attached hydrogen (secondary N) is 2. The summed E-state index contributed by atoms with van der Waals surface area (Å²) in [5, 5.41) is 51.5. The number of aliphatic hydroxyl groups excluding tert-OH is 3. The molecule has 2 aliphatic heterocycles. The van der Waals surface area contributed by atoms with Crippen molar-refractivity contribution in [3.8, 4) is 0 Å². The lowest BCUT2D eigenvalue weighted by atomic mass is 9.44. The van der Waals surface area contributed by atoms with Crippen LogP contribution in [0.4, 0.5) is 4.79 Å². The van der Waals surface area contributed by atoms with Crippen molar-refractivity contribution < 1.29 is 87.1 Å². The zero-order valence-corrected chi connectivity index (χ0v) is 50.1. The summed E-state index contributed by atoms with van der Waals surface area (Å²) in [4.78, 5) is 127. The van der Waals surface area contributed by atoms with Crippen LogP contribution in [0.15, 0.2) is 118 Å². The van der Waals surface area contributed by atoms with Crippen LogP contribution in [-0.2, 0) is 58.9 Å². The molecule has 3 aromatic carbocycles. The second-order valence-electron chi connectivity index (χ2n) is 24.1. The standard InChI is InChI=1S/C64H76N4O20/c1-35-32-68(47-29-42(72)44(33-69)84-47)60(80)67(56(35)76)28-20-9-8-19-27-65-59(79)86-45-30-46-63(34-82-46,88-38(4)71)52-54(87-57(77)41-25-17-12-18-26-41)64(81)31-43(36(2)48(61(64,5)6)51(83-37(3)70)53(74)62(45,52)7)85-58(78)50(73)49(39-21-13-10-14-22-39)66-55(75)40-23-15-11-16-24-40/h10-18,21-26,32,42-47,49-52,54,69,72-73,81H,8-9,19-20,27-31,33-34H2,1-7H3,(H,65,79)(H,66,75)/t42-,43-,44+,45-,46+,47+,49-,50+,51+,52-,54-,62+,63-,64+/m0/s1. The Morgan fingerprint density at radius 3 is 2.03 bits per heavy atom. The van der Waals surface area contributed by atoms with E-state index in [4.69, 9.17) is 33.2 Å². The predicted octanol–water partition coefficient (Wildman–Crippen LogP) is 4.00. The first-order valence-electron chi connectivity index (χ1n) is 29.5. The van der Waals surface area contributed by atoms with E-state index in [-0.39, 0.29) is 53.8 Å². The van der Waals surface area contributed by atoms with Crippen molar-refractivity contribution in [3.05, 3.63) is 151 Å². The van der Waals surface area contributed by atoms with Crippen molar-refractivity contribution >= 4 is 41.7 Å². The first-order valence-corrected chi connectivity index (χ1v) is 29.5. The predicted molar refractivity (Wildman–Crippen MR) is 310 cm³/mol. The van der Waals surface area contributed by atoms with Gasteiger partial charge in [-0.05, 0) is 74.6 Å². The molecule has 0 spiro atoms. The van der Waals surface area contributed by atoms with Gasteiger partial charge in [0.2, 0.25) is 0 Å². The minimum Gasteiger partial charge on any atom is -0.456 e. The van der Waals surface area contributed by atoms with Crippen molar-refractivity contribution in [3.63, 3.8) is 0 Å². The molecule has 6 N–H and O–H groups in total. The lowest BCUT2D eigenvalue weighted by molar-refractivity contribution is -0.345. The summed E-state index contributed by atoms with van der Waals surface area (Å²) in [6, 6.07) is 22.5. The van der Waals surface area contributed by atoms with Crippen molar-refractivity contribution in [2.24, 2.45) is 16.7 Å². The van der Waals surface area contributed by atoms with Crippen LogP contribution in [0, 0.1) is 23.7 Å². The smallest absolute Gasteiger partial charge is 0.407 e. The van der Waals surface area contributed by atoms with E-state index in [2.05, 4.69) is 10.6 Å². The number of amides is 2. The van der Waals surface area contributed by atoms with Gasteiger partial charge in [0.25, 0.3) is 11.5 Å². The number of benzene rings is 3. The Morgan fingerprint density at radius 2 is 1.43 bits per heavy atom. The number of esters is 4. The van der Waals surface area contributed by atoms with E-state index in [1.54, 1.807) is 85.8 Å². The molecule has 472 valence electrons. The van der Waals surface area contributed by atoms with Crippen LogP contribution < -0.4 is 21.9 Å². The first kappa shape index (κ1) is 64.6. The molecule has 0 radical (unpaired) electrons. The molecule has 24 nitrogen and oxygen atoms in total. The molecule has 0 unspecified atom stereocenters. The monoisotopic (exact) mass is 1220 g/mol. The highest BCUT2D eigenvalue weighted by molar-refractivity contribution is 5.96. The summed E-state index contributed by atoms with van der Waals surface area (Å²) in [5.74, 6) is -7.40. The fourth-order valence-corrected chi connectivity index (χ4v) is 13.7. The topological polar surface area (TPSA) is 333 Å². The van der Waals surface area contributed by atoms with Crippen LogP contribution in [-0.4, -0.2) is 151 Å². The molecule has 4 fully saturated rings. The highest BCUT2D eigenvalue weighted by atomic mass is 16.6. The summed E-state index contributed by atoms with van der Waals surface area (Å²) in [7, 11) is 0. The number of aliphatic hydroxyl groups is 4. The Kier molecular flexibility index (Phi) is 19.1. The van der Waals surface area contributed by atoms with Crippen LogP contribution in [0.3, 0.4) is 0 Å². The highest BCUT2D eigenvalue weighted by Crippen LogP contribution is 2.65. The number of carbonyl (C=O) groups is 7. The molecule has 1 aromatic heterocycles. The molecular weight excluding hydrogens is 1140 g/mol. The SMILES string of the molecule is CC(=O)O[C@H]1C(=O)[C@]2(C)[C@@H](OC(=O)NCCCCCCn3c(=O)c(C)cn([C@H]4C[C@H](O)[C@@H](CO)O4)c3=O)C[C@H]3OC[C@@]3(OC(C)=O)[C@H]2[C@H](OC(=O)c2ccccc2)[C@]2(O)C[C@H](OC(=O)[C@H](O)[C@@H](NC(=O)c3ccccc3)c3ccccc3)C(C)=C1C2(C)C. The minimum atomic E-state index is -2.54. The Balaban J connectivity index is 1.03. The summed E-state index contributed by atoms with van der Waals surface area (Å²) >= 11 is 0. The number of fused-ring (bicyclic) bond motifs is 5. The average Bonchev–Trinajstić information content (AvgIpc) is 0.708. The van der Waals surface area contributed by atoms with Gasteiger partial charge in [-0.3, -0.25) is 33.1 Å².